The monoisotopic (exact) mass is 264 g/mol. The van der Waals surface area contributed by atoms with Crippen LogP contribution in [0.5, 0.6) is 0 Å². The van der Waals surface area contributed by atoms with Gasteiger partial charge in [-0.25, -0.2) is 0 Å². The van der Waals surface area contributed by atoms with Crippen LogP contribution in [0.1, 0.15) is 0 Å². The third-order valence-corrected chi connectivity index (χ3v) is 16.6. The number of rotatable bonds is 6. The van der Waals surface area contributed by atoms with Crippen molar-refractivity contribution in [3.8, 4) is 0 Å². The highest BCUT2D eigenvalue weighted by atomic mass is 28.4. The van der Waals surface area contributed by atoms with Crippen LogP contribution >= 0.6 is 0 Å². The van der Waals surface area contributed by atoms with Crippen molar-refractivity contribution in [2.75, 3.05) is 14.2 Å². The largest absolute Gasteiger partial charge is 0.398 e. The van der Waals surface area contributed by atoms with Crippen LogP contribution in [-0.4, -0.2) is 38.9 Å². The Labute approximate surface area is 98.6 Å². The second-order valence-electron chi connectivity index (χ2n) is 6.79. The van der Waals surface area contributed by atoms with Gasteiger partial charge in [0.25, 0.3) is 0 Å². The molecule has 5 heteroatoms. The van der Waals surface area contributed by atoms with E-state index in [0.717, 1.165) is 0 Å². The molecule has 0 N–H and O–H groups in total. The van der Waals surface area contributed by atoms with Gasteiger partial charge in [-0.2, -0.15) is 0 Å². The second kappa shape index (κ2) is 5.27. The first-order valence-corrected chi connectivity index (χ1v) is 15.3. The zero-order chi connectivity index (χ0) is 12.3. The number of hydrogen-bond donors (Lipinski definition) is 0. The van der Waals surface area contributed by atoms with Crippen LogP contribution in [0.2, 0.25) is 50.6 Å². The van der Waals surface area contributed by atoms with E-state index in [-0.39, 0.29) is 0 Å². The van der Waals surface area contributed by atoms with Crippen LogP contribution in [-0.2, 0) is 8.85 Å². The molecule has 0 spiro atoms. The molecule has 0 atom stereocenters. The molecule has 0 unspecified atom stereocenters. The van der Waals surface area contributed by atoms with Gasteiger partial charge in [-0.15, -0.1) is 0 Å². The summed E-state index contributed by atoms with van der Waals surface area (Å²) in [6.45, 7) is 14.4. The van der Waals surface area contributed by atoms with Crippen molar-refractivity contribution < 1.29 is 8.85 Å². The third kappa shape index (κ3) is 6.68. The van der Waals surface area contributed by atoms with Gasteiger partial charge < -0.3 is 8.85 Å². The summed E-state index contributed by atoms with van der Waals surface area (Å²) in [6, 6.07) is 0. The average molecular weight is 265 g/mol. The van der Waals surface area contributed by atoms with E-state index in [1.165, 1.54) is 11.3 Å². The van der Waals surface area contributed by atoms with Gasteiger partial charge in [-0.05, 0) is 11.3 Å². The van der Waals surface area contributed by atoms with Gasteiger partial charge in [0.1, 0.15) is 0 Å². The molecule has 0 amide bonds. The van der Waals surface area contributed by atoms with Gasteiger partial charge in [-0.3, -0.25) is 0 Å². The van der Waals surface area contributed by atoms with Crippen LogP contribution < -0.4 is 0 Å². The van der Waals surface area contributed by atoms with Crippen molar-refractivity contribution >= 4 is 24.7 Å². The maximum Gasteiger partial charge on any atom is 0.332 e. The lowest BCUT2D eigenvalue weighted by Crippen LogP contribution is -2.51. The predicted octanol–water partition coefficient (Wildman–Crippen LogP) is 3.48. The van der Waals surface area contributed by atoms with Crippen LogP contribution in [0.4, 0.5) is 0 Å². The minimum Gasteiger partial charge on any atom is -0.398 e. The molecule has 0 fully saturated rings. The normalized spacial score (nSPS) is 14.4. The smallest absolute Gasteiger partial charge is 0.332 e. The van der Waals surface area contributed by atoms with E-state index >= 15 is 0 Å². The van der Waals surface area contributed by atoms with Crippen LogP contribution in [0, 0.1) is 0 Å². The van der Waals surface area contributed by atoms with Crippen LogP contribution in [0.3, 0.4) is 0 Å². The van der Waals surface area contributed by atoms with Crippen molar-refractivity contribution in [2.45, 2.75) is 50.6 Å². The number of hydrogen-bond acceptors (Lipinski definition) is 2. The molecule has 0 aromatic rings. The van der Waals surface area contributed by atoms with Gasteiger partial charge in [0.15, 0.2) is 0 Å². The van der Waals surface area contributed by atoms with E-state index < -0.39 is 24.7 Å². The van der Waals surface area contributed by atoms with Gasteiger partial charge in [0, 0.05) is 30.4 Å². The molecule has 0 radical (unpaired) electrons. The Balaban J connectivity index is 4.74. The summed E-state index contributed by atoms with van der Waals surface area (Å²) in [6.07, 6.45) is 0. The van der Waals surface area contributed by atoms with Crippen LogP contribution in [0.25, 0.3) is 0 Å². The Bertz CT molecular complexity index is 172. The first-order valence-electron chi connectivity index (χ1n) is 5.64. The molecule has 92 valence electrons. The molecule has 0 aliphatic rings. The molecule has 0 aliphatic heterocycles. The van der Waals surface area contributed by atoms with Crippen molar-refractivity contribution in [1.29, 1.82) is 0 Å². The summed E-state index contributed by atoms with van der Waals surface area (Å²) in [4.78, 5) is 0. The Morgan fingerprint density at radius 2 is 0.933 bits per heavy atom. The first kappa shape index (κ1) is 15.6. The van der Waals surface area contributed by atoms with Gasteiger partial charge >= 0.3 is 8.56 Å². The lowest BCUT2D eigenvalue weighted by molar-refractivity contribution is 0.251. The molecule has 0 aromatic heterocycles. The quantitative estimate of drug-likeness (QED) is 0.684. The SMILES string of the molecule is CO[Si](C[Si](C)(C)C)(C[Si](C)(C)C)OC. The van der Waals surface area contributed by atoms with Crippen molar-refractivity contribution in [2.24, 2.45) is 0 Å². The lowest BCUT2D eigenvalue weighted by Gasteiger charge is -2.36. The van der Waals surface area contributed by atoms with Crippen molar-refractivity contribution in [3.63, 3.8) is 0 Å². The standard InChI is InChI=1S/C10H28O2Si3/c1-11-15(12-2,9-13(3,4)5)10-14(6,7)8/h9-10H2,1-8H3. The summed E-state index contributed by atoms with van der Waals surface area (Å²) >= 11 is 0. The van der Waals surface area contributed by atoms with E-state index in [9.17, 15) is 0 Å². The molecule has 15 heavy (non-hydrogen) atoms. The fourth-order valence-electron chi connectivity index (χ4n) is 2.05. The molecule has 0 aromatic carbocycles. The molecule has 2 nitrogen and oxygen atoms in total. The van der Waals surface area contributed by atoms with E-state index in [4.69, 9.17) is 8.85 Å². The summed E-state index contributed by atoms with van der Waals surface area (Å²) in [7, 11) is -0.405. The zero-order valence-corrected chi connectivity index (χ0v) is 14.7. The molecule has 0 heterocycles. The van der Waals surface area contributed by atoms with E-state index in [1.54, 1.807) is 0 Å². The van der Waals surface area contributed by atoms with Crippen molar-refractivity contribution in [1.82, 2.24) is 0 Å². The highest BCUT2D eigenvalue weighted by Crippen LogP contribution is 2.29. The molecule has 0 rings (SSSR count). The lowest BCUT2D eigenvalue weighted by atomic mass is 11.7. The van der Waals surface area contributed by atoms with E-state index in [1.807, 2.05) is 14.2 Å². The maximum atomic E-state index is 5.83. The molecular weight excluding hydrogens is 236 g/mol. The van der Waals surface area contributed by atoms with Gasteiger partial charge in [0.2, 0.25) is 0 Å². The highest BCUT2D eigenvalue weighted by molar-refractivity contribution is 6.97. The van der Waals surface area contributed by atoms with Crippen molar-refractivity contribution in [3.05, 3.63) is 0 Å². The van der Waals surface area contributed by atoms with E-state index in [0.29, 0.717) is 0 Å². The zero-order valence-electron chi connectivity index (χ0n) is 11.7. The predicted molar refractivity (Wildman–Crippen MR) is 76.1 cm³/mol. The van der Waals surface area contributed by atoms with Crippen LogP contribution in [0.15, 0.2) is 0 Å². The topological polar surface area (TPSA) is 18.5 Å². The fraction of sp³-hybridized carbons (Fsp3) is 1.00. The minimum absolute atomic E-state index is 1.10. The van der Waals surface area contributed by atoms with Gasteiger partial charge in [0.05, 0.1) is 0 Å². The molecule has 0 bridgehead atoms. The Morgan fingerprint density at radius 1 is 0.667 bits per heavy atom. The van der Waals surface area contributed by atoms with E-state index in [2.05, 4.69) is 39.3 Å². The summed E-state index contributed by atoms with van der Waals surface area (Å²) in [5.41, 5.74) is 2.44. The summed E-state index contributed by atoms with van der Waals surface area (Å²) < 4.78 is 11.7. The minimum atomic E-state index is -1.89. The molecule has 0 saturated carbocycles. The molecule has 0 saturated heterocycles. The highest BCUT2D eigenvalue weighted by Gasteiger charge is 2.43. The first-order chi connectivity index (χ1) is 6.54. The second-order valence-corrected chi connectivity index (χ2v) is 22.5. The third-order valence-electron chi connectivity index (χ3n) is 2.34. The summed E-state index contributed by atoms with van der Waals surface area (Å²) in [5, 5.41) is 0. The maximum absolute atomic E-state index is 5.83. The Kier molecular flexibility index (Phi) is 5.47. The molecular formula is C10H28O2Si3. The average Bonchev–Trinajstić information content (AvgIpc) is 1.98. The fourth-order valence-corrected chi connectivity index (χ4v) is 19.1. The Hall–Kier alpha value is 0.571. The van der Waals surface area contributed by atoms with Gasteiger partial charge in [-0.1, -0.05) is 39.3 Å². The Morgan fingerprint density at radius 3 is 1.07 bits per heavy atom. The molecule has 0 aliphatic carbocycles. The summed E-state index contributed by atoms with van der Waals surface area (Å²) in [5.74, 6) is 0.